The molecule has 0 aliphatic carbocycles. The molecular weight excluding hydrogens is 258 g/mol. The molecule has 0 aromatic heterocycles. The van der Waals surface area contributed by atoms with E-state index in [0.29, 0.717) is 12.0 Å². The van der Waals surface area contributed by atoms with Crippen LogP contribution in [-0.2, 0) is 6.42 Å². The molecule has 3 heteroatoms. The summed E-state index contributed by atoms with van der Waals surface area (Å²) in [5.41, 5.74) is 1.21. The molecule has 0 amide bonds. The molecule has 19 heavy (non-hydrogen) atoms. The predicted molar refractivity (Wildman–Crippen MR) is 83.2 cm³/mol. The zero-order valence-electron chi connectivity index (χ0n) is 12.5. The Morgan fingerprint density at radius 1 is 1.21 bits per heavy atom. The molecule has 0 saturated carbocycles. The van der Waals surface area contributed by atoms with Crippen LogP contribution in [0.15, 0.2) is 18.2 Å². The number of aryl methyl sites for hydroxylation is 1. The molecule has 1 atom stereocenters. The molecule has 1 rings (SSSR count). The zero-order chi connectivity index (χ0) is 14.3. The van der Waals surface area contributed by atoms with E-state index in [0.717, 1.165) is 30.2 Å². The number of halogens is 1. The molecule has 0 heterocycles. The average molecular weight is 284 g/mol. The average Bonchev–Trinajstić information content (AvgIpc) is 2.36. The maximum Gasteiger partial charge on any atom is 0.122 e. The number of benzene rings is 1. The number of ether oxygens (including phenoxy) is 1. The van der Waals surface area contributed by atoms with Gasteiger partial charge in [0, 0.05) is 11.1 Å². The minimum atomic E-state index is 0.570. The maximum absolute atomic E-state index is 6.04. The van der Waals surface area contributed by atoms with Gasteiger partial charge in [-0.1, -0.05) is 32.4 Å². The smallest absolute Gasteiger partial charge is 0.122 e. The topological polar surface area (TPSA) is 21.3 Å². The van der Waals surface area contributed by atoms with E-state index >= 15 is 0 Å². The van der Waals surface area contributed by atoms with Crippen molar-refractivity contribution in [3.05, 3.63) is 28.8 Å². The summed E-state index contributed by atoms with van der Waals surface area (Å²) in [5.74, 6) is 1.65. The van der Waals surface area contributed by atoms with Gasteiger partial charge in [-0.2, -0.15) is 0 Å². The van der Waals surface area contributed by atoms with Crippen LogP contribution in [0.1, 0.15) is 39.2 Å². The summed E-state index contributed by atoms with van der Waals surface area (Å²) < 4.78 is 5.37. The lowest BCUT2D eigenvalue weighted by atomic mass is 9.97. The van der Waals surface area contributed by atoms with Crippen molar-refractivity contribution < 1.29 is 4.74 Å². The standard InChI is InChI=1S/C16H26ClNO/c1-12(2)18-10-9-13(3)5-6-14-11-15(17)7-8-16(14)19-4/h7-8,11-13,18H,5-6,9-10H2,1-4H3. The summed E-state index contributed by atoms with van der Waals surface area (Å²) in [6.45, 7) is 7.76. The van der Waals surface area contributed by atoms with Crippen LogP contribution in [-0.4, -0.2) is 19.7 Å². The maximum atomic E-state index is 6.04. The fourth-order valence-corrected chi connectivity index (χ4v) is 2.30. The Labute approximate surface area is 122 Å². The number of methoxy groups -OCH3 is 1. The Morgan fingerprint density at radius 3 is 2.58 bits per heavy atom. The third kappa shape index (κ3) is 6.31. The van der Waals surface area contributed by atoms with E-state index in [1.54, 1.807) is 7.11 Å². The van der Waals surface area contributed by atoms with Crippen molar-refractivity contribution in [2.45, 2.75) is 46.1 Å². The second-order valence-corrected chi connectivity index (χ2v) is 5.93. The number of hydrogen-bond donors (Lipinski definition) is 1. The predicted octanol–water partition coefficient (Wildman–Crippen LogP) is 4.31. The Balaban J connectivity index is 2.41. The highest BCUT2D eigenvalue weighted by atomic mass is 35.5. The van der Waals surface area contributed by atoms with Crippen LogP contribution in [0.5, 0.6) is 5.75 Å². The summed E-state index contributed by atoms with van der Waals surface area (Å²) in [7, 11) is 1.71. The van der Waals surface area contributed by atoms with Crippen molar-refractivity contribution in [3.63, 3.8) is 0 Å². The first-order valence-electron chi connectivity index (χ1n) is 7.08. The molecule has 0 aliphatic rings. The van der Waals surface area contributed by atoms with E-state index in [1.807, 2.05) is 18.2 Å². The third-order valence-corrected chi connectivity index (χ3v) is 3.57. The first-order chi connectivity index (χ1) is 9.02. The van der Waals surface area contributed by atoms with E-state index in [9.17, 15) is 0 Å². The highest BCUT2D eigenvalue weighted by Gasteiger charge is 2.07. The molecule has 0 bridgehead atoms. The van der Waals surface area contributed by atoms with Crippen LogP contribution in [0.4, 0.5) is 0 Å². The van der Waals surface area contributed by atoms with Gasteiger partial charge < -0.3 is 10.1 Å². The van der Waals surface area contributed by atoms with E-state index in [4.69, 9.17) is 16.3 Å². The quantitative estimate of drug-likeness (QED) is 0.768. The third-order valence-electron chi connectivity index (χ3n) is 3.34. The lowest BCUT2D eigenvalue weighted by Gasteiger charge is -2.15. The Hall–Kier alpha value is -0.730. The molecule has 1 aromatic carbocycles. The van der Waals surface area contributed by atoms with E-state index in [1.165, 1.54) is 12.0 Å². The summed E-state index contributed by atoms with van der Waals surface area (Å²) in [4.78, 5) is 0. The number of nitrogens with one attached hydrogen (secondary N) is 1. The van der Waals surface area contributed by atoms with Gasteiger partial charge in [-0.15, -0.1) is 0 Å². The van der Waals surface area contributed by atoms with E-state index < -0.39 is 0 Å². The monoisotopic (exact) mass is 283 g/mol. The zero-order valence-corrected chi connectivity index (χ0v) is 13.3. The van der Waals surface area contributed by atoms with Crippen molar-refractivity contribution in [2.24, 2.45) is 5.92 Å². The van der Waals surface area contributed by atoms with Gasteiger partial charge in [-0.25, -0.2) is 0 Å². The molecule has 1 unspecified atom stereocenters. The Morgan fingerprint density at radius 2 is 1.95 bits per heavy atom. The Kier molecular flexibility index (Phi) is 7.25. The highest BCUT2D eigenvalue weighted by Crippen LogP contribution is 2.25. The lowest BCUT2D eigenvalue weighted by Crippen LogP contribution is -2.25. The number of hydrogen-bond acceptors (Lipinski definition) is 2. The van der Waals surface area contributed by atoms with Crippen molar-refractivity contribution in [2.75, 3.05) is 13.7 Å². The second-order valence-electron chi connectivity index (χ2n) is 5.50. The summed E-state index contributed by atoms with van der Waals surface area (Å²) >= 11 is 6.04. The van der Waals surface area contributed by atoms with Crippen molar-refractivity contribution in [1.29, 1.82) is 0 Å². The van der Waals surface area contributed by atoms with Crippen LogP contribution in [0.3, 0.4) is 0 Å². The van der Waals surface area contributed by atoms with Crippen LogP contribution in [0.2, 0.25) is 5.02 Å². The Bertz CT molecular complexity index is 379. The fraction of sp³-hybridized carbons (Fsp3) is 0.625. The van der Waals surface area contributed by atoms with E-state index in [2.05, 4.69) is 26.1 Å². The molecular formula is C16H26ClNO. The molecule has 1 aromatic rings. The van der Waals surface area contributed by atoms with Crippen LogP contribution in [0.25, 0.3) is 0 Å². The van der Waals surface area contributed by atoms with Crippen LogP contribution < -0.4 is 10.1 Å². The van der Waals surface area contributed by atoms with Crippen molar-refractivity contribution in [3.8, 4) is 5.75 Å². The molecule has 0 fully saturated rings. The van der Waals surface area contributed by atoms with Gasteiger partial charge in [0.1, 0.15) is 5.75 Å². The van der Waals surface area contributed by atoms with Gasteiger partial charge >= 0.3 is 0 Å². The van der Waals surface area contributed by atoms with Gasteiger partial charge in [0.25, 0.3) is 0 Å². The van der Waals surface area contributed by atoms with Gasteiger partial charge in [-0.3, -0.25) is 0 Å². The first-order valence-corrected chi connectivity index (χ1v) is 7.46. The minimum Gasteiger partial charge on any atom is -0.496 e. The molecule has 0 saturated heterocycles. The normalized spacial score (nSPS) is 12.7. The summed E-state index contributed by atoms with van der Waals surface area (Å²) in [6, 6.07) is 6.40. The minimum absolute atomic E-state index is 0.570. The van der Waals surface area contributed by atoms with E-state index in [-0.39, 0.29) is 0 Å². The van der Waals surface area contributed by atoms with Gasteiger partial charge in [0.05, 0.1) is 7.11 Å². The molecule has 1 N–H and O–H groups in total. The van der Waals surface area contributed by atoms with Gasteiger partial charge in [0.2, 0.25) is 0 Å². The lowest BCUT2D eigenvalue weighted by molar-refractivity contribution is 0.404. The second kappa shape index (κ2) is 8.44. The van der Waals surface area contributed by atoms with Crippen molar-refractivity contribution >= 4 is 11.6 Å². The summed E-state index contributed by atoms with van der Waals surface area (Å²) in [6.07, 6.45) is 3.39. The van der Waals surface area contributed by atoms with Gasteiger partial charge in [-0.05, 0) is 55.5 Å². The largest absolute Gasteiger partial charge is 0.496 e. The fourth-order valence-electron chi connectivity index (χ4n) is 2.11. The molecule has 2 nitrogen and oxygen atoms in total. The van der Waals surface area contributed by atoms with Crippen molar-refractivity contribution in [1.82, 2.24) is 5.32 Å². The van der Waals surface area contributed by atoms with Crippen LogP contribution in [0, 0.1) is 5.92 Å². The number of rotatable bonds is 8. The van der Waals surface area contributed by atoms with Gasteiger partial charge in [0.15, 0.2) is 0 Å². The SMILES string of the molecule is COc1ccc(Cl)cc1CCC(C)CCNC(C)C. The molecule has 0 aliphatic heterocycles. The summed E-state index contributed by atoms with van der Waals surface area (Å²) in [5, 5.41) is 4.24. The van der Waals surface area contributed by atoms with Crippen LogP contribution >= 0.6 is 11.6 Å². The molecule has 108 valence electrons. The highest BCUT2D eigenvalue weighted by molar-refractivity contribution is 6.30. The molecule has 0 spiro atoms. The first kappa shape index (κ1) is 16.3. The molecule has 0 radical (unpaired) electrons.